The van der Waals surface area contributed by atoms with Crippen molar-refractivity contribution in [2.75, 3.05) is 28.6 Å². The number of hydrogen-bond acceptors (Lipinski definition) is 7. The average Bonchev–Trinajstić information content (AvgIpc) is 3.25. The summed E-state index contributed by atoms with van der Waals surface area (Å²) in [5, 5.41) is 9.56. The summed E-state index contributed by atoms with van der Waals surface area (Å²) in [5.74, 6) is -1.57. The van der Waals surface area contributed by atoms with Gasteiger partial charge in [-0.25, -0.2) is 18.6 Å². The lowest BCUT2D eigenvalue weighted by molar-refractivity contribution is 0.0636. The van der Waals surface area contributed by atoms with Crippen molar-refractivity contribution in [2.24, 2.45) is 7.05 Å². The van der Waals surface area contributed by atoms with Gasteiger partial charge in [-0.15, -0.1) is 0 Å². The minimum absolute atomic E-state index is 0.00427. The van der Waals surface area contributed by atoms with Crippen LogP contribution in [0.4, 0.5) is 30.1 Å². The Morgan fingerprint density at radius 3 is 2.32 bits per heavy atom. The van der Waals surface area contributed by atoms with Crippen molar-refractivity contribution in [1.29, 1.82) is 0 Å². The first-order valence-corrected chi connectivity index (χ1v) is 12.9. The third-order valence-electron chi connectivity index (χ3n) is 5.69. The molecule has 4 rings (SSSR count). The summed E-state index contributed by atoms with van der Waals surface area (Å²) in [6, 6.07) is 3.44. The summed E-state index contributed by atoms with van der Waals surface area (Å²) in [5.41, 5.74) is -0.899. The van der Waals surface area contributed by atoms with Gasteiger partial charge >= 0.3 is 6.09 Å². The lowest BCUT2D eigenvalue weighted by atomic mass is 10.2. The first-order chi connectivity index (χ1) is 17.5. The Kier molecular flexibility index (Phi) is 7.76. The van der Waals surface area contributed by atoms with E-state index in [0.717, 1.165) is 68.1 Å². The van der Waals surface area contributed by atoms with E-state index >= 15 is 0 Å². The number of thiazole rings is 1. The number of ether oxygens (including phenoxy) is 1. The smallest absolute Gasteiger partial charge is 0.412 e. The maximum atomic E-state index is 14.5. The molecule has 2 N–H and O–H groups in total. The zero-order valence-electron chi connectivity index (χ0n) is 21.2. The van der Waals surface area contributed by atoms with Crippen molar-refractivity contribution < 1.29 is 23.1 Å². The van der Waals surface area contributed by atoms with Gasteiger partial charge in [0.15, 0.2) is 11.5 Å². The van der Waals surface area contributed by atoms with Crippen LogP contribution in [-0.2, 0) is 11.8 Å². The lowest BCUT2D eigenvalue weighted by Gasteiger charge is -2.24. The Morgan fingerprint density at radius 1 is 1.05 bits per heavy atom. The van der Waals surface area contributed by atoms with E-state index in [1.165, 1.54) is 6.07 Å². The van der Waals surface area contributed by atoms with Crippen LogP contribution in [0, 0.1) is 11.6 Å². The topological polar surface area (TPSA) is 101 Å². The minimum Gasteiger partial charge on any atom is -0.444 e. The number of rotatable bonds is 5. The van der Waals surface area contributed by atoms with Crippen LogP contribution in [0.2, 0.25) is 0 Å². The third kappa shape index (κ3) is 6.24. The second-order valence-electron chi connectivity index (χ2n) is 9.78. The van der Waals surface area contributed by atoms with Gasteiger partial charge in [-0.2, -0.15) is 5.10 Å². The highest BCUT2D eigenvalue weighted by atomic mass is 32.1. The van der Waals surface area contributed by atoms with Gasteiger partial charge in [-0.05, 0) is 45.7 Å². The molecule has 0 saturated carbocycles. The van der Waals surface area contributed by atoms with Gasteiger partial charge in [0.1, 0.15) is 32.9 Å². The highest BCUT2D eigenvalue weighted by Gasteiger charge is 2.27. The molecule has 198 valence electrons. The van der Waals surface area contributed by atoms with Gasteiger partial charge < -0.3 is 15.0 Å². The number of benzene rings is 1. The second kappa shape index (κ2) is 10.8. The molecule has 2 amide bonds. The van der Waals surface area contributed by atoms with Gasteiger partial charge in [0, 0.05) is 20.1 Å². The first kappa shape index (κ1) is 26.5. The molecule has 0 aliphatic carbocycles. The summed E-state index contributed by atoms with van der Waals surface area (Å²) in [4.78, 5) is 32.3. The summed E-state index contributed by atoms with van der Waals surface area (Å²) in [6.07, 6.45) is 5.08. The normalized spacial score (nSPS) is 14.3. The van der Waals surface area contributed by atoms with Gasteiger partial charge in [0.25, 0.3) is 5.91 Å². The van der Waals surface area contributed by atoms with Crippen molar-refractivity contribution in [3.05, 3.63) is 41.7 Å². The predicted molar refractivity (Wildman–Crippen MR) is 139 cm³/mol. The summed E-state index contributed by atoms with van der Waals surface area (Å²) < 4.78 is 36.0. The molecule has 12 heteroatoms. The molecule has 0 radical (unpaired) electrons. The molecule has 37 heavy (non-hydrogen) atoms. The van der Waals surface area contributed by atoms with Gasteiger partial charge in [0.05, 0.1) is 11.8 Å². The van der Waals surface area contributed by atoms with E-state index in [-0.39, 0.29) is 21.3 Å². The summed E-state index contributed by atoms with van der Waals surface area (Å²) in [6.45, 7) is 6.75. The Bertz CT molecular complexity index is 1270. The van der Waals surface area contributed by atoms with Crippen LogP contribution in [0.25, 0.3) is 10.6 Å². The number of aromatic nitrogens is 3. The van der Waals surface area contributed by atoms with Crippen molar-refractivity contribution in [2.45, 2.75) is 52.1 Å². The Morgan fingerprint density at radius 2 is 1.70 bits per heavy atom. The standard InChI is InChI=1S/C25H30F2N6O3S/c1-25(2,3)36-24(35)31-22-19(30-21(37-22)18-15(26)10-9-11-16(18)27)20(34)29-17-14-28-32(4)23(17)33-12-7-5-6-8-13-33/h9-11,14H,5-8,12-13H2,1-4H3,(H,29,34)(H,31,35). The molecule has 1 aromatic carbocycles. The first-order valence-electron chi connectivity index (χ1n) is 12.1. The molecule has 9 nitrogen and oxygen atoms in total. The fourth-order valence-corrected chi connectivity index (χ4v) is 5.12. The Labute approximate surface area is 217 Å². The molecular weight excluding hydrogens is 502 g/mol. The van der Waals surface area contributed by atoms with E-state index in [1.807, 2.05) is 0 Å². The SMILES string of the molecule is Cn1ncc(NC(=O)c2nc(-c3c(F)cccc3F)sc2NC(=O)OC(C)(C)C)c1N1CCCCCC1. The van der Waals surface area contributed by atoms with E-state index in [9.17, 15) is 18.4 Å². The predicted octanol–water partition coefficient (Wildman–Crippen LogP) is 5.80. The zero-order valence-corrected chi connectivity index (χ0v) is 22.0. The number of amides is 2. The third-order valence-corrected chi connectivity index (χ3v) is 6.68. The maximum absolute atomic E-state index is 14.5. The molecule has 3 heterocycles. The quantitative estimate of drug-likeness (QED) is 0.431. The monoisotopic (exact) mass is 532 g/mol. The highest BCUT2D eigenvalue weighted by Crippen LogP contribution is 2.36. The number of nitrogens with one attached hydrogen (secondary N) is 2. The number of nitrogens with zero attached hydrogens (tertiary/aromatic N) is 4. The molecule has 0 atom stereocenters. The van der Waals surface area contributed by atoms with E-state index in [1.54, 1.807) is 38.7 Å². The number of halogens is 2. The average molecular weight is 533 g/mol. The minimum atomic E-state index is -0.833. The zero-order chi connectivity index (χ0) is 26.7. The Hall–Kier alpha value is -3.54. The van der Waals surface area contributed by atoms with E-state index < -0.39 is 29.2 Å². The van der Waals surface area contributed by atoms with Crippen molar-refractivity contribution in [1.82, 2.24) is 14.8 Å². The highest BCUT2D eigenvalue weighted by molar-refractivity contribution is 7.19. The number of hydrogen-bond donors (Lipinski definition) is 2. The van der Waals surface area contributed by atoms with Crippen molar-refractivity contribution >= 4 is 39.8 Å². The molecule has 2 aromatic heterocycles. The van der Waals surface area contributed by atoms with Crippen LogP contribution in [0.15, 0.2) is 24.4 Å². The van der Waals surface area contributed by atoms with Gasteiger partial charge in [-0.1, -0.05) is 30.2 Å². The molecule has 1 saturated heterocycles. The molecular formula is C25H30F2N6O3S. The van der Waals surface area contributed by atoms with Crippen LogP contribution in [-0.4, -0.2) is 45.5 Å². The number of anilines is 3. The fraction of sp³-hybridized carbons (Fsp3) is 0.440. The fourth-order valence-electron chi connectivity index (χ4n) is 4.12. The second-order valence-corrected chi connectivity index (χ2v) is 10.8. The van der Waals surface area contributed by atoms with Crippen LogP contribution < -0.4 is 15.5 Å². The van der Waals surface area contributed by atoms with Crippen LogP contribution >= 0.6 is 11.3 Å². The Balaban J connectivity index is 1.68. The maximum Gasteiger partial charge on any atom is 0.412 e. The van der Waals surface area contributed by atoms with Crippen molar-refractivity contribution in [3.63, 3.8) is 0 Å². The van der Waals surface area contributed by atoms with Crippen LogP contribution in [0.3, 0.4) is 0 Å². The van der Waals surface area contributed by atoms with Crippen molar-refractivity contribution in [3.8, 4) is 10.6 Å². The molecule has 1 fully saturated rings. The number of carbonyl (C=O) groups is 2. The lowest BCUT2D eigenvalue weighted by Crippen LogP contribution is -2.28. The largest absolute Gasteiger partial charge is 0.444 e. The molecule has 0 spiro atoms. The van der Waals surface area contributed by atoms with Gasteiger partial charge in [0.2, 0.25) is 0 Å². The number of aryl methyl sites for hydroxylation is 1. The van der Waals surface area contributed by atoms with E-state index in [4.69, 9.17) is 4.74 Å². The summed E-state index contributed by atoms with van der Waals surface area (Å²) in [7, 11) is 1.80. The van der Waals surface area contributed by atoms with Gasteiger partial charge in [-0.3, -0.25) is 14.8 Å². The van der Waals surface area contributed by atoms with E-state index in [0.29, 0.717) is 5.69 Å². The molecule has 0 bridgehead atoms. The van der Waals surface area contributed by atoms with Crippen LogP contribution in [0.1, 0.15) is 56.9 Å². The molecule has 1 aliphatic heterocycles. The van der Waals surface area contributed by atoms with E-state index in [2.05, 4.69) is 25.6 Å². The summed E-state index contributed by atoms with van der Waals surface area (Å²) >= 11 is 0.779. The number of carbonyl (C=O) groups excluding carboxylic acids is 2. The molecule has 3 aromatic rings. The molecule has 0 unspecified atom stereocenters. The van der Waals surface area contributed by atoms with Crippen LogP contribution in [0.5, 0.6) is 0 Å². The molecule has 1 aliphatic rings.